The van der Waals surface area contributed by atoms with Crippen LogP contribution < -0.4 is 134 Å². The molecule has 0 spiro atoms. The first-order chi connectivity index (χ1) is 26.6. The van der Waals surface area contributed by atoms with E-state index < -0.39 is 52.8 Å². The van der Waals surface area contributed by atoms with Gasteiger partial charge in [-0.25, -0.2) is 16.8 Å². The molecule has 5 aromatic carbocycles. The zero-order valence-electron chi connectivity index (χ0n) is 31.5. The van der Waals surface area contributed by atoms with Gasteiger partial charge in [-0.1, -0.05) is 6.07 Å². The Morgan fingerprint density at radius 2 is 1.17 bits per heavy atom. The first-order valence-corrected chi connectivity index (χ1v) is 19.2. The molecule has 0 amide bonds. The first kappa shape index (κ1) is 55.0. The maximum atomic E-state index is 13.5. The largest absolute Gasteiger partial charge is 1.00 e. The molecule has 19 nitrogen and oxygen atoms in total. The van der Waals surface area contributed by atoms with Crippen molar-refractivity contribution in [1.82, 2.24) is 9.97 Å². The van der Waals surface area contributed by atoms with Crippen molar-refractivity contribution in [1.29, 1.82) is 0 Å². The molecule has 0 atom stereocenters. The number of aromatic nitrogens is 2. The Bertz CT molecular complexity index is 2780. The van der Waals surface area contributed by atoms with Crippen LogP contribution >= 0.6 is 24.1 Å². The number of aryl methyl sites for hydroxylation is 1. The van der Waals surface area contributed by atoms with E-state index in [2.05, 4.69) is 54.5 Å². The Morgan fingerprint density at radius 1 is 0.617 bits per heavy atom. The third-order valence-corrected chi connectivity index (χ3v) is 10.3. The molecule has 29 heteroatoms. The number of anilines is 2. The summed E-state index contributed by atoms with van der Waals surface area (Å²) >= 11 is 0.710. The van der Waals surface area contributed by atoms with Crippen LogP contribution in [0, 0.1) is 18.9 Å². The number of nitrogens with one attached hydrogen (secondary N) is 1. The van der Waals surface area contributed by atoms with E-state index in [0.29, 0.717) is 50.3 Å². The quantitative estimate of drug-likeness (QED) is 0.0156. The molecule has 0 aliphatic carbocycles. The van der Waals surface area contributed by atoms with Crippen molar-refractivity contribution in [2.45, 2.75) is 26.5 Å². The molecule has 0 saturated carbocycles. The fourth-order valence-electron chi connectivity index (χ4n) is 5.17. The number of hydrogen-bond acceptors (Lipinski definition) is 21. The van der Waals surface area contributed by atoms with Gasteiger partial charge in [0.05, 0.1) is 56.6 Å². The fourth-order valence-corrected chi connectivity index (χ4v) is 7.49. The summed E-state index contributed by atoms with van der Waals surface area (Å²) in [4.78, 5) is 4.59. The van der Waals surface area contributed by atoms with Crippen molar-refractivity contribution in [2.24, 2.45) is 20.5 Å². The third kappa shape index (κ3) is 14.2. The van der Waals surface area contributed by atoms with Gasteiger partial charge in [0.25, 0.3) is 0 Å². The van der Waals surface area contributed by atoms with E-state index in [1.165, 1.54) is 18.2 Å². The van der Waals surface area contributed by atoms with Gasteiger partial charge in [0.15, 0.2) is 0 Å². The zero-order valence-corrected chi connectivity index (χ0v) is 42.7. The topological polar surface area (TPSA) is 285 Å². The molecule has 6 aromatic rings. The van der Waals surface area contributed by atoms with Crippen LogP contribution in [0.3, 0.4) is 0 Å². The van der Waals surface area contributed by atoms with Crippen molar-refractivity contribution < 1.29 is 182 Å². The van der Waals surface area contributed by atoms with E-state index in [9.17, 15) is 45.2 Å². The predicted octanol–water partition coefficient (Wildman–Crippen LogP) is -5.77. The van der Waals surface area contributed by atoms with Crippen LogP contribution in [0.4, 0.5) is 43.0 Å². The van der Waals surface area contributed by atoms with Gasteiger partial charge >= 0.3 is 124 Å². The fraction of sp³-hybridized carbons (Fsp3) is 0.0323. The molecule has 0 aliphatic heterocycles. The molecular weight excluding hydrogens is 921 g/mol. The monoisotopic (exact) mass is 937 g/mol. The van der Waals surface area contributed by atoms with E-state index in [1.807, 2.05) is 0 Å². The summed E-state index contributed by atoms with van der Waals surface area (Å²) in [6, 6.07) is 16.9. The van der Waals surface area contributed by atoms with Crippen molar-refractivity contribution in [3.63, 3.8) is 0 Å². The standard InChI is InChI=1S/C31H21F2N7O12S4.4Na/c1-15-8-16(34-30-14-29(32)35-31(33)36-30)2-5-24(15)38-40-25-6-7-26(21-11-18(53-51-49-41)3-4-20(21)25)39-37-17-9-22-23(27(10-17)55(43,44)45)12-19(54-52-50-42)13-28(22)56(46,47)48;;;;/h2-14,41-42H,1H3,(H,34,35,36)(H,43,44,45)(H,46,47,48);;;;/q;4*+1/p-4. The van der Waals surface area contributed by atoms with E-state index in [4.69, 9.17) is 0 Å². The van der Waals surface area contributed by atoms with Crippen LogP contribution in [0.5, 0.6) is 0 Å². The van der Waals surface area contributed by atoms with Gasteiger partial charge < -0.3 is 24.9 Å². The van der Waals surface area contributed by atoms with E-state index >= 15 is 0 Å². The van der Waals surface area contributed by atoms with Crippen LogP contribution in [0.25, 0.3) is 21.5 Å². The second-order valence-electron chi connectivity index (χ2n) is 11.0. The minimum absolute atomic E-state index is 0. The Labute approximate surface area is 435 Å². The minimum Gasteiger partial charge on any atom is -0.744 e. The summed E-state index contributed by atoms with van der Waals surface area (Å²) in [5.74, 6) is -1.17. The van der Waals surface area contributed by atoms with Crippen LogP contribution in [-0.2, 0) is 39.0 Å². The number of halogens is 2. The smallest absolute Gasteiger partial charge is 0.744 e. The molecule has 1 N–H and O–H groups in total. The molecule has 0 saturated heterocycles. The number of azo groups is 2. The molecule has 6 rings (SSSR count). The van der Waals surface area contributed by atoms with Gasteiger partial charge in [-0.15, -0.1) is 10.2 Å². The molecule has 0 aliphatic rings. The average molecular weight is 938 g/mol. The number of nitrogens with zero attached hydrogens (tertiary/aromatic N) is 6. The van der Waals surface area contributed by atoms with Crippen LogP contribution in [0.1, 0.15) is 5.56 Å². The molecule has 0 bridgehead atoms. The first-order valence-electron chi connectivity index (χ1n) is 14.9. The Kier molecular flexibility index (Phi) is 22.2. The molecule has 0 unspecified atom stereocenters. The van der Waals surface area contributed by atoms with E-state index in [-0.39, 0.29) is 152 Å². The van der Waals surface area contributed by atoms with Gasteiger partial charge in [0.1, 0.15) is 26.1 Å². The summed E-state index contributed by atoms with van der Waals surface area (Å²) in [5.41, 5.74) is 1.52. The maximum Gasteiger partial charge on any atom is 1.00 e. The maximum absolute atomic E-state index is 13.5. The van der Waals surface area contributed by atoms with Gasteiger partial charge in [0, 0.05) is 43.1 Å². The van der Waals surface area contributed by atoms with Crippen LogP contribution in [0.2, 0.25) is 0 Å². The molecule has 1 heterocycles. The SMILES string of the molecule is Cc1cc(Nc2cc(F)nc(F)n2)ccc1N=Nc1ccc(N=Nc2cc(S(=O)(=O)[O-])c3cc(SOO[O-])cc(S(=O)(=O)[O-])c3c2)c2cc(SOO[O-])ccc12.[Na+].[Na+].[Na+].[Na+]. The molecule has 0 fully saturated rings. The summed E-state index contributed by atoms with van der Waals surface area (Å²) in [7, 11) is -10.7. The van der Waals surface area contributed by atoms with Gasteiger partial charge in [-0.3, -0.25) is 10.1 Å². The van der Waals surface area contributed by atoms with Gasteiger partial charge in [-0.2, -0.15) is 37.6 Å². The Hall–Kier alpha value is -1.16. The average Bonchev–Trinajstić information content (AvgIpc) is 3.13. The summed E-state index contributed by atoms with van der Waals surface area (Å²) < 4.78 is 109. The van der Waals surface area contributed by atoms with E-state index in [0.717, 1.165) is 30.3 Å². The molecule has 290 valence electrons. The minimum atomic E-state index is -5.35. The van der Waals surface area contributed by atoms with Crippen molar-refractivity contribution in [3.05, 3.63) is 96.5 Å². The second kappa shape index (κ2) is 24.2. The van der Waals surface area contributed by atoms with Gasteiger partial charge in [-0.05, 0) is 79.2 Å². The molecule has 60 heavy (non-hydrogen) atoms. The number of rotatable bonds is 14. The normalized spacial score (nSPS) is 11.6. The van der Waals surface area contributed by atoms with Crippen molar-refractivity contribution in [2.75, 3.05) is 5.32 Å². The molecule has 0 radical (unpaired) electrons. The van der Waals surface area contributed by atoms with Crippen LogP contribution in [0.15, 0.2) is 119 Å². The number of benzene rings is 5. The Balaban J connectivity index is 0.00000310. The van der Waals surface area contributed by atoms with Gasteiger partial charge in [0.2, 0.25) is 5.95 Å². The summed E-state index contributed by atoms with van der Waals surface area (Å²) in [6.07, 6.45) is -1.24. The third-order valence-electron chi connectivity index (χ3n) is 7.42. The number of fused-ring (bicyclic) bond motifs is 2. The second-order valence-corrected chi connectivity index (χ2v) is 15.2. The van der Waals surface area contributed by atoms with Crippen molar-refractivity contribution in [3.8, 4) is 0 Å². The molecule has 1 aromatic heterocycles. The zero-order chi connectivity index (χ0) is 40.2. The number of hydrogen-bond donors (Lipinski definition) is 1. The predicted molar refractivity (Wildman–Crippen MR) is 185 cm³/mol. The Morgan fingerprint density at radius 3 is 1.78 bits per heavy atom. The summed E-state index contributed by atoms with van der Waals surface area (Å²) in [5, 5.41) is 46.9. The van der Waals surface area contributed by atoms with Crippen molar-refractivity contribution >= 4 is 100 Å². The summed E-state index contributed by atoms with van der Waals surface area (Å²) in [6.45, 7) is 1.71. The van der Waals surface area contributed by atoms with Crippen LogP contribution in [-0.4, -0.2) is 35.9 Å². The van der Waals surface area contributed by atoms with E-state index in [1.54, 1.807) is 37.3 Å². The molecular formula is C31H17F2N7Na4O12S4.